The number of carbonyl (C=O) groups excluding carboxylic acids is 1. The Kier molecular flexibility index (Phi) is 6.68. The number of benzene rings is 2. The van der Waals surface area contributed by atoms with E-state index in [0.29, 0.717) is 23.3 Å². The van der Waals surface area contributed by atoms with Gasteiger partial charge in [-0.05, 0) is 37.1 Å². The van der Waals surface area contributed by atoms with Crippen LogP contribution in [-0.2, 0) is 0 Å². The van der Waals surface area contributed by atoms with Gasteiger partial charge >= 0.3 is 11.6 Å². The summed E-state index contributed by atoms with van der Waals surface area (Å²) in [6, 6.07) is 13.4. The average Bonchev–Trinajstić information content (AvgIpc) is 2.74. The fourth-order valence-corrected chi connectivity index (χ4v) is 2.77. The molecule has 0 amide bonds. The predicted molar refractivity (Wildman–Crippen MR) is 110 cm³/mol. The Morgan fingerprint density at radius 1 is 1.07 bits per heavy atom. The van der Waals surface area contributed by atoms with E-state index in [9.17, 15) is 9.59 Å². The Morgan fingerprint density at radius 2 is 1.86 bits per heavy atom. The highest BCUT2D eigenvalue weighted by atomic mass is 16.6. The van der Waals surface area contributed by atoms with Crippen molar-refractivity contribution in [3.05, 3.63) is 76.7 Å². The van der Waals surface area contributed by atoms with E-state index in [1.807, 2.05) is 0 Å². The smallest absolute Gasteiger partial charge is 0.383 e. The van der Waals surface area contributed by atoms with Gasteiger partial charge in [-0.15, -0.1) is 0 Å². The van der Waals surface area contributed by atoms with E-state index in [0.717, 1.165) is 12.8 Å². The van der Waals surface area contributed by atoms with Crippen LogP contribution in [0.5, 0.6) is 17.2 Å². The highest BCUT2D eigenvalue weighted by Gasteiger charge is 2.21. The monoisotopic (exact) mass is 394 g/mol. The Balaban J connectivity index is 1.87. The number of hydrogen-bond acceptors (Lipinski definition) is 6. The summed E-state index contributed by atoms with van der Waals surface area (Å²) < 4.78 is 21.7. The number of carbonyl (C=O) groups is 1. The van der Waals surface area contributed by atoms with E-state index in [2.05, 4.69) is 19.1 Å². The molecule has 0 bridgehead atoms. The van der Waals surface area contributed by atoms with E-state index < -0.39 is 11.6 Å². The number of rotatable bonds is 8. The van der Waals surface area contributed by atoms with Crippen LogP contribution in [0.15, 0.2) is 69.9 Å². The van der Waals surface area contributed by atoms with Gasteiger partial charge in [0.05, 0.1) is 24.7 Å². The predicted octanol–water partition coefficient (Wildman–Crippen LogP) is 4.76. The zero-order chi connectivity index (χ0) is 20.6. The fourth-order valence-electron chi connectivity index (χ4n) is 2.77. The lowest BCUT2D eigenvalue weighted by molar-refractivity contribution is 0.0723. The fraction of sp³-hybridized carbons (Fsp3) is 0.217. The SMILES string of the molecule is CCC=CCCOc1ccc2c(OC)c(OC(=O)c3ccccc3)c(=O)oc2c1. The van der Waals surface area contributed by atoms with Gasteiger partial charge in [-0.2, -0.15) is 0 Å². The standard InChI is InChI=1S/C23H22O6/c1-3-4-5-9-14-27-17-12-13-18-19(15-17)28-23(25)21(20(18)26-2)29-22(24)16-10-7-6-8-11-16/h4-8,10-13,15H,3,9,14H2,1-2H3. The molecular weight excluding hydrogens is 372 g/mol. The molecule has 0 saturated heterocycles. The summed E-state index contributed by atoms with van der Waals surface area (Å²) in [6.45, 7) is 2.58. The first-order valence-corrected chi connectivity index (χ1v) is 9.34. The maximum atomic E-state index is 12.4. The van der Waals surface area contributed by atoms with E-state index in [1.54, 1.807) is 48.5 Å². The maximum Gasteiger partial charge on any atom is 0.383 e. The molecular formula is C23H22O6. The molecule has 0 N–H and O–H groups in total. The third-order valence-electron chi connectivity index (χ3n) is 4.16. The van der Waals surface area contributed by atoms with Gasteiger partial charge in [0.15, 0.2) is 5.75 Å². The van der Waals surface area contributed by atoms with Gasteiger partial charge in [-0.3, -0.25) is 0 Å². The molecule has 0 saturated carbocycles. The highest BCUT2D eigenvalue weighted by Crippen LogP contribution is 2.34. The quantitative estimate of drug-likeness (QED) is 0.237. The summed E-state index contributed by atoms with van der Waals surface area (Å²) in [5.41, 5.74) is -0.204. The summed E-state index contributed by atoms with van der Waals surface area (Å²) in [5, 5.41) is 0.501. The Morgan fingerprint density at radius 3 is 2.59 bits per heavy atom. The minimum atomic E-state index is -0.804. The van der Waals surface area contributed by atoms with Crippen LogP contribution in [0.2, 0.25) is 0 Å². The number of esters is 1. The van der Waals surface area contributed by atoms with Gasteiger partial charge in [0.2, 0.25) is 0 Å². The molecule has 0 radical (unpaired) electrons. The molecule has 0 aliphatic heterocycles. The number of allylic oxidation sites excluding steroid dienone is 1. The van der Waals surface area contributed by atoms with Crippen LogP contribution in [0.3, 0.4) is 0 Å². The summed E-state index contributed by atoms with van der Waals surface area (Å²) in [7, 11) is 1.40. The summed E-state index contributed by atoms with van der Waals surface area (Å²) in [5.74, 6) is -0.248. The van der Waals surface area contributed by atoms with Crippen molar-refractivity contribution in [1.82, 2.24) is 0 Å². The van der Waals surface area contributed by atoms with Gasteiger partial charge in [-0.1, -0.05) is 37.3 Å². The van der Waals surface area contributed by atoms with Crippen LogP contribution < -0.4 is 19.8 Å². The van der Waals surface area contributed by atoms with Gasteiger partial charge < -0.3 is 18.6 Å². The van der Waals surface area contributed by atoms with Crippen LogP contribution in [-0.4, -0.2) is 19.7 Å². The maximum absolute atomic E-state index is 12.4. The third-order valence-corrected chi connectivity index (χ3v) is 4.16. The average molecular weight is 394 g/mol. The second-order valence-corrected chi connectivity index (χ2v) is 6.18. The zero-order valence-electron chi connectivity index (χ0n) is 16.3. The molecule has 0 aliphatic rings. The van der Waals surface area contributed by atoms with Crippen molar-refractivity contribution in [2.45, 2.75) is 19.8 Å². The molecule has 0 unspecified atom stereocenters. The molecule has 3 aromatic rings. The lowest BCUT2D eigenvalue weighted by Crippen LogP contribution is -2.15. The molecule has 1 aromatic heterocycles. The first kappa shape index (κ1) is 20.2. The second-order valence-electron chi connectivity index (χ2n) is 6.18. The van der Waals surface area contributed by atoms with Crippen molar-refractivity contribution in [2.24, 2.45) is 0 Å². The van der Waals surface area contributed by atoms with E-state index >= 15 is 0 Å². The first-order chi connectivity index (χ1) is 14.1. The van der Waals surface area contributed by atoms with Gasteiger partial charge in [0, 0.05) is 6.07 Å². The van der Waals surface area contributed by atoms with Crippen molar-refractivity contribution in [1.29, 1.82) is 0 Å². The summed E-state index contributed by atoms with van der Waals surface area (Å²) >= 11 is 0. The molecule has 1 heterocycles. The lowest BCUT2D eigenvalue weighted by atomic mass is 10.2. The van der Waals surface area contributed by atoms with Gasteiger partial charge in [0.25, 0.3) is 5.75 Å². The molecule has 3 rings (SSSR count). The van der Waals surface area contributed by atoms with Crippen LogP contribution in [0.1, 0.15) is 30.1 Å². The largest absolute Gasteiger partial charge is 0.493 e. The third kappa shape index (κ3) is 4.85. The normalized spacial score (nSPS) is 11.0. The van der Waals surface area contributed by atoms with Crippen LogP contribution >= 0.6 is 0 Å². The lowest BCUT2D eigenvalue weighted by Gasteiger charge is -2.11. The number of methoxy groups -OCH3 is 1. The van der Waals surface area contributed by atoms with Crippen molar-refractivity contribution in [2.75, 3.05) is 13.7 Å². The Labute approximate surface area is 168 Å². The van der Waals surface area contributed by atoms with Crippen LogP contribution in [0.25, 0.3) is 11.0 Å². The zero-order valence-corrected chi connectivity index (χ0v) is 16.3. The van der Waals surface area contributed by atoms with E-state index in [-0.39, 0.29) is 17.1 Å². The molecule has 150 valence electrons. The minimum Gasteiger partial charge on any atom is -0.493 e. The highest BCUT2D eigenvalue weighted by molar-refractivity contribution is 5.93. The summed E-state index contributed by atoms with van der Waals surface area (Å²) in [6.07, 6.45) is 5.90. The van der Waals surface area contributed by atoms with Crippen LogP contribution in [0, 0.1) is 0 Å². The molecule has 2 aromatic carbocycles. The van der Waals surface area contributed by atoms with Crippen molar-refractivity contribution >= 4 is 16.9 Å². The van der Waals surface area contributed by atoms with Crippen molar-refractivity contribution in [3.8, 4) is 17.2 Å². The topological polar surface area (TPSA) is 75.0 Å². The van der Waals surface area contributed by atoms with Crippen LogP contribution in [0.4, 0.5) is 0 Å². The molecule has 6 nitrogen and oxygen atoms in total. The van der Waals surface area contributed by atoms with E-state index in [1.165, 1.54) is 7.11 Å². The minimum absolute atomic E-state index is 0.137. The molecule has 6 heteroatoms. The summed E-state index contributed by atoms with van der Waals surface area (Å²) in [4.78, 5) is 24.8. The van der Waals surface area contributed by atoms with Crippen molar-refractivity contribution in [3.63, 3.8) is 0 Å². The van der Waals surface area contributed by atoms with Gasteiger partial charge in [-0.25, -0.2) is 9.59 Å². The molecule has 0 aliphatic carbocycles. The van der Waals surface area contributed by atoms with Gasteiger partial charge in [0.1, 0.15) is 11.3 Å². The Hall–Kier alpha value is -3.54. The second kappa shape index (κ2) is 9.59. The molecule has 0 atom stereocenters. The number of ether oxygens (including phenoxy) is 3. The molecule has 0 fully saturated rings. The first-order valence-electron chi connectivity index (χ1n) is 9.34. The molecule has 0 spiro atoms. The van der Waals surface area contributed by atoms with E-state index in [4.69, 9.17) is 18.6 Å². The number of hydrogen-bond donors (Lipinski definition) is 0. The van der Waals surface area contributed by atoms with Crippen molar-refractivity contribution < 1.29 is 23.4 Å². The Bertz CT molecular complexity index is 1070. The number of fused-ring (bicyclic) bond motifs is 1. The molecule has 29 heavy (non-hydrogen) atoms.